The van der Waals surface area contributed by atoms with Crippen LogP contribution in [0.15, 0.2) is 42.5 Å². The van der Waals surface area contributed by atoms with E-state index in [0.717, 1.165) is 28.9 Å². The van der Waals surface area contributed by atoms with Crippen molar-refractivity contribution in [1.29, 1.82) is 0 Å². The molecule has 0 radical (unpaired) electrons. The van der Waals surface area contributed by atoms with Crippen molar-refractivity contribution >= 4 is 17.0 Å². The minimum Gasteiger partial charge on any atom is -0.491 e. The van der Waals surface area contributed by atoms with Gasteiger partial charge >= 0.3 is 0 Å². The van der Waals surface area contributed by atoms with Crippen LogP contribution in [-0.2, 0) is 0 Å². The second-order valence-electron chi connectivity index (χ2n) is 5.12. The highest BCUT2D eigenvalue weighted by molar-refractivity contribution is 5.86. The summed E-state index contributed by atoms with van der Waals surface area (Å²) in [5, 5.41) is 0. The van der Waals surface area contributed by atoms with E-state index in [1.54, 1.807) is 0 Å². The van der Waals surface area contributed by atoms with Crippen LogP contribution in [0.2, 0.25) is 0 Å². The molecule has 0 aliphatic rings. The second-order valence-corrected chi connectivity index (χ2v) is 5.12. The zero-order valence-corrected chi connectivity index (χ0v) is 12.3. The molecule has 0 fully saturated rings. The zero-order chi connectivity index (χ0) is 14.8. The second kappa shape index (κ2) is 5.48. The molecule has 0 spiro atoms. The first-order valence-electron chi connectivity index (χ1n) is 7.17. The molecule has 0 unspecified atom stereocenters. The Morgan fingerprint density at radius 2 is 2.00 bits per heavy atom. The van der Waals surface area contributed by atoms with E-state index in [1.165, 1.54) is 5.56 Å². The van der Waals surface area contributed by atoms with Crippen LogP contribution in [0.5, 0.6) is 5.75 Å². The highest BCUT2D eigenvalue weighted by Gasteiger charge is 2.13. The van der Waals surface area contributed by atoms with Gasteiger partial charge in [0, 0.05) is 5.69 Å². The van der Waals surface area contributed by atoms with Gasteiger partial charge in [-0.1, -0.05) is 25.1 Å². The van der Waals surface area contributed by atoms with Crippen molar-refractivity contribution in [3.8, 4) is 11.4 Å². The fourth-order valence-corrected chi connectivity index (χ4v) is 2.46. The maximum absolute atomic E-state index is 6.13. The summed E-state index contributed by atoms with van der Waals surface area (Å²) < 4.78 is 7.72. The summed E-state index contributed by atoms with van der Waals surface area (Å²) in [6, 6.07) is 14.1. The normalized spacial score (nSPS) is 11.0. The van der Waals surface area contributed by atoms with Crippen molar-refractivity contribution in [2.24, 2.45) is 0 Å². The molecular weight excluding hydrogens is 262 g/mol. The van der Waals surface area contributed by atoms with Gasteiger partial charge in [0.1, 0.15) is 11.3 Å². The summed E-state index contributed by atoms with van der Waals surface area (Å²) in [4.78, 5) is 4.49. The third kappa shape index (κ3) is 2.44. The van der Waals surface area contributed by atoms with Crippen LogP contribution in [0.25, 0.3) is 16.7 Å². The smallest absolute Gasteiger partial charge is 0.206 e. The lowest BCUT2D eigenvalue weighted by Gasteiger charge is -2.08. The first-order chi connectivity index (χ1) is 10.2. The minimum atomic E-state index is 0.475. The van der Waals surface area contributed by atoms with E-state index in [-0.39, 0.29) is 0 Å². The van der Waals surface area contributed by atoms with E-state index in [0.29, 0.717) is 12.6 Å². The van der Waals surface area contributed by atoms with Gasteiger partial charge in [0.15, 0.2) is 0 Å². The molecule has 0 bridgehead atoms. The molecule has 3 rings (SSSR count). The number of rotatable bonds is 4. The van der Waals surface area contributed by atoms with Gasteiger partial charge in [0.05, 0.1) is 12.1 Å². The topological polar surface area (TPSA) is 53.1 Å². The molecule has 4 heteroatoms. The molecule has 21 heavy (non-hydrogen) atoms. The van der Waals surface area contributed by atoms with E-state index in [9.17, 15) is 0 Å². The number of benzene rings is 2. The van der Waals surface area contributed by atoms with Gasteiger partial charge in [-0.15, -0.1) is 0 Å². The monoisotopic (exact) mass is 281 g/mol. The van der Waals surface area contributed by atoms with Gasteiger partial charge in [-0.2, -0.15) is 0 Å². The number of fused-ring (bicyclic) bond motifs is 1. The molecule has 0 aliphatic carbocycles. The summed E-state index contributed by atoms with van der Waals surface area (Å²) in [6.07, 6.45) is 0.963. The van der Waals surface area contributed by atoms with Gasteiger partial charge in [-0.25, -0.2) is 4.98 Å². The average molecular weight is 281 g/mol. The Labute approximate surface area is 124 Å². The molecule has 1 aromatic heterocycles. The number of hydrogen-bond acceptors (Lipinski definition) is 3. The van der Waals surface area contributed by atoms with Crippen LogP contribution < -0.4 is 10.5 Å². The quantitative estimate of drug-likeness (QED) is 0.793. The van der Waals surface area contributed by atoms with Crippen molar-refractivity contribution in [3.05, 3.63) is 48.0 Å². The Bertz CT molecular complexity index is 777. The standard InChI is InChI=1S/C17H19N3O/c1-3-10-21-15-9-5-8-14-16(15)19-17(18)20(14)13-7-4-6-12(2)11-13/h4-9,11H,3,10H2,1-2H3,(H2,18,19). The fourth-order valence-electron chi connectivity index (χ4n) is 2.46. The predicted octanol–water partition coefficient (Wildman–Crippen LogP) is 3.70. The van der Waals surface area contributed by atoms with Gasteiger partial charge < -0.3 is 10.5 Å². The molecule has 108 valence electrons. The van der Waals surface area contributed by atoms with Crippen molar-refractivity contribution in [2.45, 2.75) is 20.3 Å². The molecule has 1 heterocycles. The maximum Gasteiger partial charge on any atom is 0.206 e. The third-order valence-corrected chi connectivity index (χ3v) is 3.40. The minimum absolute atomic E-state index is 0.475. The number of aryl methyl sites for hydroxylation is 1. The zero-order valence-electron chi connectivity index (χ0n) is 12.3. The van der Waals surface area contributed by atoms with Crippen LogP contribution in [0.3, 0.4) is 0 Å². The highest BCUT2D eigenvalue weighted by atomic mass is 16.5. The number of para-hydroxylation sites is 1. The summed E-state index contributed by atoms with van der Waals surface area (Å²) >= 11 is 0. The third-order valence-electron chi connectivity index (χ3n) is 3.40. The van der Waals surface area contributed by atoms with E-state index < -0.39 is 0 Å². The van der Waals surface area contributed by atoms with E-state index in [2.05, 4.69) is 31.0 Å². The number of ether oxygens (including phenoxy) is 1. The summed E-state index contributed by atoms with van der Waals surface area (Å²) in [6.45, 7) is 4.82. The molecule has 4 nitrogen and oxygen atoms in total. The lowest BCUT2D eigenvalue weighted by molar-refractivity contribution is 0.320. The Morgan fingerprint density at radius 3 is 2.76 bits per heavy atom. The number of nitrogens with zero attached hydrogens (tertiary/aromatic N) is 2. The van der Waals surface area contributed by atoms with E-state index in [4.69, 9.17) is 10.5 Å². The molecular formula is C17H19N3O. The van der Waals surface area contributed by atoms with E-state index >= 15 is 0 Å². The summed E-state index contributed by atoms with van der Waals surface area (Å²) in [5.41, 5.74) is 10.1. The number of aromatic nitrogens is 2. The fraction of sp³-hybridized carbons (Fsp3) is 0.235. The molecule has 3 aromatic rings. The number of nitrogens with two attached hydrogens (primary N) is 1. The van der Waals surface area contributed by atoms with Crippen LogP contribution in [0, 0.1) is 6.92 Å². The Balaban J connectivity index is 2.18. The first kappa shape index (κ1) is 13.5. The Kier molecular flexibility index (Phi) is 3.52. The predicted molar refractivity (Wildman–Crippen MR) is 86.0 cm³/mol. The number of hydrogen-bond donors (Lipinski definition) is 1. The van der Waals surface area contributed by atoms with Gasteiger partial charge in [-0.3, -0.25) is 4.57 Å². The van der Waals surface area contributed by atoms with Gasteiger partial charge in [0.2, 0.25) is 5.95 Å². The van der Waals surface area contributed by atoms with Crippen LogP contribution in [0.4, 0.5) is 5.95 Å². The summed E-state index contributed by atoms with van der Waals surface area (Å²) in [5.74, 6) is 1.26. The molecule has 2 N–H and O–H groups in total. The van der Waals surface area contributed by atoms with Crippen molar-refractivity contribution in [3.63, 3.8) is 0 Å². The number of imidazole rings is 1. The largest absolute Gasteiger partial charge is 0.491 e. The SMILES string of the molecule is CCCOc1cccc2c1nc(N)n2-c1cccc(C)c1. The van der Waals surface area contributed by atoms with E-state index in [1.807, 2.05) is 34.9 Å². The number of anilines is 1. The molecule has 0 aliphatic heterocycles. The lowest BCUT2D eigenvalue weighted by atomic mass is 10.2. The lowest BCUT2D eigenvalue weighted by Crippen LogP contribution is -2.00. The first-order valence-corrected chi connectivity index (χ1v) is 7.17. The number of nitrogen functional groups attached to an aromatic ring is 1. The van der Waals surface area contributed by atoms with Crippen molar-refractivity contribution < 1.29 is 4.74 Å². The van der Waals surface area contributed by atoms with Crippen molar-refractivity contribution in [1.82, 2.24) is 9.55 Å². The molecule has 0 saturated carbocycles. The Hall–Kier alpha value is -2.49. The summed E-state index contributed by atoms with van der Waals surface area (Å²) in [7, 11) is 0. The molecule has 0 amide bonds. The molecule has 0 atom stereocenters. The molecule has 0 saturated heterocycles. The van der Waals surface area contributed by atoms with Crippen LogP contribution in [-0.4, -0.2) is 16.2 Å². The Morgan fingerprint density at radius 1 is 1.19 bits per heavy atom. The van der Waals surface area contributed by atoms with Crippen molar-refractivity contribution in [2.75, 3.05) is 12.3 Å². The van der Waals surface area contributed by atoms with Crippen LogP contribution in [0.1, 0.15) is 18.9 Å². The average Bonchev–Trinajstić information content (AvgIpc) is 2.81. The maximum atomic E-state index is 6.13. The van der Waals surface area contributed by atoms with Gasteiger partial charge in [0.25, 0.3) is 0 Å². The van der Waals surface area contributed by atoms with Crippen LogP contribution >= 0.6 is 0 Å². The molecule has 2 aromatic carbocycles. The van der Waals surface area contributed by atoms with Gasteiger partial charge in [-0.05, 0) is 43.2 Å². The highest BCUT2D eigenvalue weighted by Crippen LogP contribution is 2.29.